The second-order valence-electron chi connectivity index (χ2n) is 6.72. The van der Waals surface area contributed by atoms with Crippen LogP contribution in [0.2, 0.25) is 0 Å². The van der Waals surface area contributed by atoms with Crippen molar-refractivity contribution in [2.45, 2.75) is 33.8 Å². The summed E-state index contributed by atoms with van der Waals surface area (Å²) in [5, 5.41) is 2.86. The van der Waals surface area contributed by atoms with Crippen molar-refractivity contribution in [1.82, 2.24) is 0 Å². The fourth-order valence-electron chi connectivity index (χ4n) is 3.01. The molecule has 2 aromatic carbocycles. The van der Waals surface area contributed by atoms with Crippen molar-refractivity contribution in [3.63, 3.8) is 0 Å². The standard InChI is InChI=1S/C21H22N2O4/c1-12-6-5-7-17(13(12)2)22-20(25)11-23-18-10-16(14(3)24)8-9-19(18)27-15(4)21(23)26/h5-10,15H,11H2,1-4H3,(H,22,25). The maximum absolute atomic E-state index is 12.6. The van der Waals surface area contributed by atoms with Crippen molar-refractivity contribution in [2.75, 3.05) is 16.8 Å². The van der Waals surface area contributed by atoms with E-state index in [9.17, 15) is 14.4 Å². The second-order valence-corrected chi connectivity index (χ2v) is 6.72. The van der Waals surface area contributed by atoms with Crippen LogP contribution >= 0.6 is 0 Å². The van der Waals surface area contributed by atoms with Crippen molar-refractivity contribution in [3.8, 4) is 5.75 Å². The highest BCUT2D eigenvalue weighted by atomic mass is 16.5. The van der Waals surface area contributed by atoms with E-state index in [0.29, 0.717) is 22.7 Å². The van der Waals surface area contributed by atoms with Crippen LogP contribution in [-0.2, 0) is 9.59 Å². The largest absolute Gasteiger partial charge is 0.479 e. The number of benzene rings is 2. The molecule has 2 amide bonds. The minimum absolute atomic E-state index is 0.122. The lowest BCUT2D eigenvalue weighted by Gasteiger charge is -2.32. The van der Waals surface area contributed by atoms with Gasteiger partial charge in [-0.25, -0.2) is 0 Å². The minimum Gasteiger partial charge on any atom is -0.479 e. The summed E-state index contributed by atoms with van der Waals surface area (Å²) in [6, 6.07) is 10.6. The van der Waals surface area contributed by atoms with Gasteiger partial charge in [0.05, 0.1) is 5.69 Å². The van der Waals surface area contributed by atoms with Gasteiger partial charge in [-0.05, 0) is 63.1 Å². The van der Waals surface area contributed by atoms with E-state index in [4.69, 9.17) is 4.74 Å². The molecule has 1 N–H and O–H groups in total. The highest BCUT2D eigenvalue weighted by Crippen LogP contribution is 2.35. The molecular weight excluding hydrogens is 344 g/mol. The lowest BCUT2D eigenvalue weighted by molar-refractivity contribution is -0.127. The number of fused-ring (bicyclic) bond motifs is 1. The van der Waals surface area contributed by atoms with Gasteiger partial charge in [0.25, 0.3) is 5.91 Å². The first-order valence-electron chi connectivity index (χ1n) is 8.77. The molecule has 1 unspecified atom stereocenters. The predicted octanol–water partition coefficient (Wildman–Crippen LogP) is 3.26. The number of carbonyl (C=O) groups is 3. The van der Waals surface area contributed by atoms with Crippen LogP contribution in [0.1, 0.15) is 35.3 Å². The van der Waals surface area contributed by atoms with Gasteiger partial charge in [-0.3, -0.25) is 19.3 Å². The Labute approximate surface area is 158 Å². The lowest BCUT2D eigenvalue weighted by Crippen LogP contribution is -2.47. The Morgan fingerprint density at radius 3 is 2.63 bits per heavy atom. The van der Waals surface area contributed by atoms with Gasteiger partial charge in [-0.2, -0.15) is 0 Å². The van der Waals surface area contributed by atoms with E-state index in [1.54, 1.807) is 25.1 Å². The molecule has 0 saturated carbocycles. The molecule has 6 nitrogen and oxygen atoms in total. The highest BCUT2D eigenvalue weighted by molar-refractivity contribution is 6.07. The second kappa shape index (κ2) is 7.23. The number of aryl methyl sites for hydroxylation is 1. The number of nitrogens with one attached hydrogen (secondary N) is 1. The number of ketones is 1. The molecule has 0 saturated heterocycles. The normalized spacial score (nSPS) is 15.8. The van der Waals surface area contributed by atoms with E-state index in [-0.39, 0.29) is 24.1 Å². The van der Waals surface area contributed by atoms with Gasteiger partial charge < -0.3 is 10.1 Å². The van der Waals surface area contributed by atoms with E-state index in [1.807, 2.05) is 32.0 Å². The van der Waals surface area contributed by atoms with Crippen LogP contribution in [0.3, 0.4) is 0 Å². The molecule has 2 aromatic rings. The summed E-state index contributed by atoms with van der Waals surface area (Å²) >= 11 is 0. The van der Waals surface area contributed by atoms with Crippen LogP contribution in [0.4, 0.5) is 11.4 Å². The third-order valence-electron chi connectivity index (χ3n) is 4.75. The van der Waals surface area contributed by atoms with E-state index in [1.165, 1.54) is 11.8 Å². The fourth-order valence-corrected chi connectivity index (χ4v) is 3.01. The Morgan fingerprint density at radius 1 is 1.19 bits per heavy atom. The summed E-state index contributed by atoms with van der Waals surface area (Å²) in [5.74, 6) is -0.278. The van der Waals surface area contributed by atoms with Crippen molar-refractivity contribution in [1.29, 1.82) is 0 Å². The van der Waals surface area contributed by atoms with Crippen LogP contribution in [0.15, 0.2) is 36.4 Å². The monoisotopic (exact) mass is 366 g/mol. The van der Waals surface area contributed by atoms with Gasteiger partial charge in [0.2, 0.25) is 5.91 Å². The molecule has 1 aliphatic heterocycles. The number of carbonyl (C=O) groups excluding carboxylic acids is 3. The molecule has 1 heterocycles. The number of ether oxygens (including phenoxy) is 1. The number of amides is 2. The maximum Gasteiger partial charge on any atom is 0.268 e. The third-order valence-corrected chi connectivity index (χ3v) is 4.75. The van der Waals surface area contributed by atoms with Gasteiger partial charge >= 0.3 is 0 Å². The number of anilines is 2. The lowest BCUT2D eigenvalue weighted by atomic mass is 10.1. The number of rotatable bonds is 4. The van der Waals surface area contributed by atoms with Crippen LogP contribution in [0.25, 0.3) is 0 Å². The van der Waals surface area contributed by atoms with Crippen LogP contribution < -0.4 is 15.0 Å². The van der Waals surface area contributed by atoms with Crippen molar-refractivity contribution in [2.24, 2.45) is 0 Å². The third kappa shape index (κ3) is 3.69. The molecule has 0 aromatic heterocycles. The fraction of sp³-hybridized carbons (Fsp3) is 0.286. The summed E-state index contributed by atoms with van der Waals surface area (Å²) < 4.78 is 5.61. The van der Waals surface area contributed by atoms with Gasteiger partial charge in [-0.1, -0.05) is 12.1 Å². The average Bonchev–Trinajstić information content (AvgIpc) is 2.62. The van der Waals surface area contributed by atoms with Crippen LogP contribution in [-0.4, -0.2) is 30.2 Å². The number of Topliss-reactive ketones (excluding diaryl/α,β-unsaturated/α-hetero) is 1. The molecule has 0 fully saturated rings. The van der Waals surface area contributed by atoms with E-state index in [2.05, 4.69) is 5.32 Å². The van der Waals surface area contributed by atoms with Gasteiger partial charge in [0.1, 0.15) is 12.3 Å². The topological polar surface area (TPSA) is 75.7 Å². The first kappa shape index (κ1) is 18.6. The Hall–Kier alpha value is -3.15. The number of hydrogen-bond acceptors (Lipinski definition) is 4. The van der Waals surface area contributed by atoms with Crippen LogP contribution in [0, 0.1) is 13.8 Å². The Balaban J connectivity index is 1.88. The summed E-state index contributed by atoms with van der Waals surface area (Å²) in [5.41, 5.74) is 3.65. The number of nitrogens with zero attached hydrogens (tertiary/aromatic N) is 1. The zero-order valence-electron chi connectivity index (χ0n) is 15.8. The van der Waals surface area contributed by atoms with Gasteiger partial charge in [-0.15, -0.1) is 0 Å². The molecular formula is C21H22N2O4. The molecule has 1 atom stereocenters. The van der Waals surface area contributed by atoms with E-state index < -0.39 is 6.10 Å². The Kier molecular flexibility index (Phi) is 4.99. The maximum atomic E-state index is 12.6. The van der Waals surface area contributed by atoms with Gasteiger partial charge in [0.15, 0.2) is 11.9 Å². The van der Waals surface area contributed by atoms with Crippen molar-refractivity contribution in [3.05, 3.63) is 53.1 Å². The molecule has 3 rings (SSSR count). The summed E-state index contributed by atoms with van der Waals surface area (Å²) in [4.78, 5) is 38.3. The molecule has 1 aliphatic rings. The highest BCUT2D eigenvalue weighted by Gasteiger charge is 2.33. The minimum atomic E-state index is -0.700. The zero-order valence-corrected chi connectivity index (χ0v) is 15.8. The predicted molar refractivity (Wildman–Crippen MR) is 103 cm³/mol. The van der Waals surface area contributed by atoms with Crippen molar-refractivity contribution < 1.29 is 19.1 Å². The Morgan fingerprint density at radius 2 is 1.93 bits per heavy atom. The average molecular weight is 366 g/mol. The summed E-state index contributed by atoms with van der Waals surface area (Å²) in [6.07, 6.45) is -0.700. The van der Waals surface area contributed by atoms with E-state index in [0.717, 1.165) is 11.1 Å². The zero-order chi connectivity index (χ0) is 19.7. The quantitative estimate of drug-likeness (QED) is 0.843. The first-order chi connectivity index (χ1) is 12.8. The smallest absolute Gasteiger partial charge is 0.268 e. The number of hydrogen-bond donors (Lipinski definition) is 1. The molecule has 27 heavy (non-hydrogen) atoms. The molecule has 140 valence electrons. The van der Waals surface area contributed by atoms with Crippen molar-refractivity contribution >= 4 is 29.0 Å². The molecule has 0 aliphatic carbocycles. The Bertz CT molecular complexity index is 936. The summed E-state index contributed by atoms with van der Waals surface area (Å²) in [6.45, 7) is 6.83. The van der Waals surface area contributed by atoms with E-state index >= 15 is 0 Å². The van der Waals surface area contributed by atoms with Gasteiger partial charge in [0, 0.05) is 11.3 Å². The molecule has 6 heteroatoms. The first-order valence-corrected chi connectivity index (χ1v) is 8.77. The summed E-state index contributed by atoms with van der Waals surface area (Å²) in [7, 11) is 0. The molecule has 0 bridgehead atoms. The molecule has 0 spiro atoms. The molecule has 0 radical (unpaired) electrons. The SMILES string of the molecule is CC(=O)c1ccc2c(c1)N(CC(=O)Nc1cccc(C)c1C)C(=O)C(C)O2. The van der Waals surface area contributed by atoms with Crippen LogP contribution in [0.5, 0.6) is 5.75 Å².